The van der Waals surface area contributed by atoms with Crippen molar-refractivity contribution in [1.29, 1.82) is 0 Å². The summed E-state index contributed by atoms with van der Waals surface area (Å²) in [6, 6.07) is 28.0. The Morgan fingerprint density at radius 3 is 2.19 bits per heavy atom. The van der Waals surface area contributed by atoms with Gasteiger partial charge in [-0.15, -0.1) is 0 Å². The minimum atomic E-state index is -0.0392. The van der Waals surface area contributed by atoms with Crippen LogP contribution in [0.2, 0.25) is 0 Å². The summed E-state index contributed by atoms with van der Waals surface area (Å²) < 4.78 is 11.8. The van der Waals surface area contributed by atoms with Gasteiger partial charge in [0.05, 0.1) is 11.8 Å². The summed E-state index contributed by atoms with van der Waals surface area (Å²) in [4.78, 5) is 13.0. The van der Waals surface area contributed by atoms with Crippen LogP contribution in [0.1, 0.15) is 42.7 Å². The van der Waals surface area contributed by atoms with E-state index in [0.29, 0.717) is 24.5 Å². The minimum Gasteiger partial charge on any atom is -0.489 e. The number of nitrogens with one attached hydrogen (secondary N) is 1. The van der Waals surface area contributed by atoms with E-state index < -0.39 is 0 Å². The van der Waals surface area contributed by atoms with Gasteiger partial charge >= 0.3 is 0 Å². The second kappa shape index (κ2) is 10.8. The number of para-hydroxylation sites is 2. The monoisotopic (exact) mass is 415 g/mol. The lowest BCUT2D eigenvalue weighted by Gasteiger charge is -2.23. The lowest BCUT2D eigenvalue weighted by molar-refractivity contribution is -0.116. The fourth-order valence-corrected chi connectivity index (χ4v) is 4.00. The molecule has 1 amide bonds. The number of anilines is 1. The largest absolute Gasteiger partial charge is 0.489 e. The van der Waals surface area contributed by atoms with Crippen LogP contribution in [-0.2, 0) is 9.53 Å². The summed E-state index contributed by atoms with van der Waals surface area (Å²) in [6.07, 6.45) is 3.79. The molecule has 0 saturated carbocycles. The molecule has 0 spiro atoms. The molecule has 4 heteroatoms. The lowest BCUT2D eigenvalue weighted by Crippen LogP contribution is -2.26. The third kappa shape index (κ3) is 5.96. The van der Waals surface area contributed by atoms with Crippen LogP contribution in [0.5, 0.6) is 5.75 Å². The number of ether oxygens (including phenoxy) is 2. The van der Waals surface area contributed by atoms with Gasteiger partial charge < -0.3 is 14.8 Å². The number of carbonyl (C=O) groups is 1. The van der Waals surface area contributed by atoms with Gasteiger partial charge in [-0.2, -0.15) is 0 Å². The van der Waals surface area contributed by atoms with Crippen LogP contribution in [0.4, 0.5) is 5.69 Å². The van der Waals surface area contributed by atoms with Crippen molar-refractivity contribution in [3.8, 4) is 5.75 Å². The van der Waals surface area contributed by atoms with Crippen molar-refractivity contribution in [1.82, 2.24) is 0 Å². The minimum absolute atomic E-state index is 0.00822. The standard InChI is InChI=1S/C27H29NO3/c29-27(19-24(21-11-3-1-4-12-21)22-13-5-2-6-14-22)28-25-16-7-8-17-26(25)31-20-23-15-9-10-18-30-23/h1-8,11-14,16-17,23-24H,9-10,15,18-20H2,(H,28,29). The average Bonchev–Trinajstić information content (AvgIpc) is 2.84. The molecule has 4 rings (SSSR count). The number of rotatable bonds is 8. The van der Waals surface area contributed by atoms with Gasteiger partial charge in [0.15, 0.2) is 0 Å². The molecule has 4 nitrogen and oxygen atoms in total. The highest BCUT2D eigenvalue weighted by atomic mass is 16.5. The van der Waals surface area contributed by atoms with Crippen LogP contribution in [0.3, 0.4) is 0 Å². The summed E-state index contributed by atoms with van der Waals surface area (Å²) in [7, 11) is 0. The van der Waals surface area contributed by atoms with Crippen LogP contribution in [0, 0.1) is 0 Å². The second-order valence-electron chi connectivity index (χ2n) is 7.92. The van der Waals surface area contributed by atoms with Crippen molar-refractivity contribution in [2.24, 2.45) is 0 Å². The number of hydrogen-bond acceptors (Lipinski definition) is 3. The fraction of sp³-hybridized carbons (Fsp3) is 0.296. The molecule has 31 heavy (non-hydrogen) atoms. The summed E-state index contributed by atoms with van der Waals surface area (Å²) in [5.74, 6) is 0.634. The van der Waals surface area contributed by atoms with Gasteiger partial charge in [0.1, 0.15) is 12.4 Å². The molecule has 3 aromatic rings. The molecule has 3 aromatic carbocycles. The number of hydrogen-bond donors (Lipinski definition) is 1. The Labute approximate surface area is 184 Å². The van der Waals surface area contributed by atoms with Crippen molar-refractivity contribution in [3.05, 3.63) is 96.1 Å². The first-order chi connectivity index (χ1) is 15.3. The SMILES string of the molecule is O=C(CC(c1ccccc1)c1ccccc1)Nc1ccccc1OCC1CCCCO1. The predicted octanol–water partition coefficient (Wildman–Crippen LogP) is 5.80. The van der Waals surface area contributed by atoms with Crippen LogP contribution < -0.4 is 10.1 Å². The molecule has 1 heterocycles. The Balaban J connectivity index is 1.44. The Bertz CT molecular complexity index is 913. The molecule has 0 aromatic heterocycles. The molecule has 1 saturated heterocycles. The lowest BCUT2D eigenvalue weighted by atomic mass is 9.88. The molecular formula is C27H29NO3. The maximum atomic E-state index is 13.0. The van der Waals surface area contributed by atoms with E-state index in [1.54, 1.807) is 0 Å². The maximum absolute atomic E-state index is 13.0. The van der Waals surface area contributed by atoms with Crippen molar-refractivity contribution in [3.63, 3.8) is 0 Å². The van der Waals surface area contributed by atoms with E-state index in [1.165, 1.54) is 6.42 Å². The molecule has 1 fully saturated rings. The highest BCUT2D eigenvalue weighted by Crippen LogP contribution is 2.30. The van der Waals surface area contributed by atoms with Gasteiger partial charge in [-0.05, 0) is 42.5 Å². The number of carbonyl (C=O) groups excluding carboxylic acids is 1. The number of amides is 1. The molecule has 1 atom stereocenters. The first kappa shape index (κ1) is 21.1. The topological polar surface area (TPSA) is 47.6 Å². The second-order valence-corrected chi connectivity index (χ2v) is 7.92. The highest BCUT2D eigenvalue weighted by molar-refractivity contribution is 5.93. The zero-order valence-corrected chi connectivity index (χ0v) is 17.7. The predicted molar refractivity (Wildman–Crippen MR) is 124 cm³/mol. The molecule has 1 aliphatic rings. The van der Waals surface area contributed by atoms with Crippen molar-refractivity contribution in [2.75, 3.05) is 18.5 Å². The summed E-state index contributed by atoms with van der Waals surface area (Å²) in [5.41, 5.74) is 2.95. The normalized spacial score (nSPS) is 16.1. The molecule has 1 unspecified atom stereocenters. The van der Waals surface area contributed by atoms with E-state index in [4.69, 9.17) is 9.47 Å². The van der Waals surface area contributed by atoms with E-state index in [2.05, 4.69) is 29.6 Å². The molecular weight excluding hydrogens is 386 g/mol. The smallest absolute Gasteiger partial charge is 0.225 e. The van der Waals surface area contributed by atoms with E-state index in [-0.39, 0.29) is 17.9 Å². The summed E-state index contributed by atoms with van der Waals surface area (Å²) in [5, 5.41) is 3.06. The van der Waals surface area contributed by atoms with E-state index >= 15 is 0 Å². The zero-order valence-electron chi connectivity index (χ0n) is 17.7. The van der Waals surface area contributed by atoms with Crippen LogP contribution in [-0.4, -0.2) is 25.2 Å². The summed E-state index contributed by atoms with van der Waals surface area (Å²) in [6.45, 7) is 1.30. The van der Waals surface area contributed by atoms with Crippen LogP contribution in [0.25, 0.3) is 0 Å². The van der Waals surface area contributed by atoms with Gasteiger partial charge in [0, 0.05) is 18.9 Å². The van der Waals surface area contributed by atoms with Gasteiger partial charge in [0.2, 0.25) is 5.91 Å². The van der Waals surface area contributed by atoms with Crippen molar-refractivity contribution >= 4 is 11.6 Å². The zero-order chi connectivity index (χ0) is 21.3. The molecule has 1 N–H and O–H groups in total. The highest BCUT2D eigenvalue weighted by Gasteiger charge is 2.20. The first-order valence-electron chi connectivity index (χ1n) is 11.0. The summed E-state index contributed by atoms with van der Waals surface area (Å²) >= 11 is 0. The van der Waals surface area contributed by atoms with Gasteiger partial charge in [0.25, 0.3) is 0 Å². The quantitative estimate of drug-likeness (QED) is 0.506. The molecule has 0 bridgehead atoms. The number of benzene rings is 3. The van der Waals surface area contributed by atoms with Gasteiger partial charge in [-0.1, -0.05) is 72.8 Å². The first-order valence-corrected chi connectivity index (χ1v) is 11.0. The fourth-order valence-electron chi connectivity index (χ4n) is 4.00. The Morgan fingerprint density at radius 1 is 0.903 bits per heavy atom. The van der Waals surface area contributed by atoms with Crippen LogP contribution >= 0.6 is 0 Å². The van der Waals surface area contributed by atoms with Crippen LogP contribution in [0.15, 0.2) is 84.9 Å². The van der Waals surface area contributed by atoms with Crippen molar-refractivity contribution in [2.45, 2.75) is 37.7 Å². The Morgan fingerprint density at radius 2 is 1.55 bits per heavy atom. The van der Waals surface area contributed by atoms with E-state index in [0.717, 1.165) is 30.6 Å². The average molecular weight is 416 g/mol. The van der Waals surface area contributed by atoms with Gasteiger partial charge in [-0.25, -0.2) is 0 Å². The maximum Gasteiger partial charge on any atom is 0.225 e. The third-order valence-electron chi connectivity index (χ3n) is 5.65. The molecule has 0 radical (unpaired) electrons. The Kier molecular flexibility index (Phi) is 7.35. The van der Waals surface area contributed by atoms with Crippen molar-refractivity contribution < 1.29 is 14.3 Å². The molecule has 0 aliphatic carbocycles. The Hall–Kier alpha value is -3.11. The van der Waals surface area contributed by atoms with Gasteiger partial charge in [-0.3, -0.25) is 4.79 Å². The molecule has 160 valence electrons. The third-order valence-corrected chi connectivity index (χ3v) is 5.65. The van der Waals surface area contributed by atoms with E-state index in [9.17, 15) is 4.79 Å². The van der Waals surface area contributed by atoms with E-state index in [1.807, 2.05) is 60.7 Å². The molecule has 1 aliphatic heterocycles.